The van der Waals surface area contributed by atoms with Crippen molar-refractivity contribution in [2.24, 2.45) is 0 Å². The lowest BCUT2D eigenvalue weighted by Crippen LogP contribution is -1.94. The minimum absolute atomic E-state index is 0.627. The Bertz CT molecular complexity index is 1000. The van der Waals surface area contributed by atoms with Crippen LogP contribution in [0.5, 0.6) is 0 Å². The molecule has 0 aliphatic heterocycles. The smallest absolute Gasteiger partial charge is 0.00952 e. The Morgan fingerprint density at radius 3 is 1.20 bits per heavy atom. The molecule has 30 heavy (non-hydrogen) atoms. The number of rotatable bonds is 2. The van der Waals surface area contributed by atoms with Crippen LogP contribution in [0.2, 0.25) is 0 Å². The predicted octanol–water partition coefficient (Wildman–Crippen LogP) is 7.53. The summed E-state index contributed by atoms with van der Waals surface area (Å²) in [6.07, 6.45) is 5.00. The third kappa shape index (κ3) is 3.83. The Labute approximate surface area is 180 Å². The molecule has 0 nitrogen and oxygen atoms in total. The van der Waals surface area contributed by atoms with Crippen LogP contribution in [0.3, 0.4) is 0 Å². The summed E-state index contributed by atoms with van der Waals surface area (Å²) in [6.45, 7) is 0. The summed E-state index contributed by atoms with van der Waals surface area (Å²) in [4.78, 5) is 0. The molecule has 0 heterocycles. The third-order valence-electron chi connectivity index (χ3n) is 6.67. The van der Waals surface area contributed by atoms with Gasteiger partial charge >= 0.3 is 0 Å². The number of fused-ring (bicyclic) bond motifs is 2. The van der Waals surface area contributed by atoms with Gasteiger partial charge in [-0.05, 0) is 59.1 Å². The van der Waals surface area contributed by atoms with Gasteiger partial charge in [0.15, 0.2) is 0 Å². The van der Waals surface area contributed by atoms with Gasteiger partial charge in [-0.3, -0.25) is 0 Å². The second kappa shape index (κ2) is 8.71. The van der Waals surface area contributed by atoms with Crippen LogP contribution in [0.25, 0.3) is 0 Å². The van der Waals surface area contributed by atoms with Crippen molar-refractivity contribution in [3.8, 4) is 0 Å². The zero-order valence-electron chi connectivity index (χ0n) is 17.4. The first-order valence-electron chi connectivity index (χ1n) is 11.2. The van der Waals surface area contributed by atoms with Crippen LogP contribution in [0, 0.1) is 0 Å². The van der Waals surface area contributed by atoms with E-state index in [1.807, 2.05) is 0 Å². The predicted molar refractivity (Wildman–Crippen MR) is 126 cm³/mol. The third-order valence-corrected chi connectivity index (χ3v) is 6.67. The van der Waals surface area contributed by atoms with Crippen molar-refractivity contribution in [3.05, 3.63) is 143 Å². The molecule has 0 spiro atoms. The van der Waals surface area contributed by atoms with Crippen molar-refractivity contribution in [2.75, 3.05) is 0 Å². The van der Waals surface area contributed by atoms with Crippen molar-refractivity contribution in [2.45, 2.75) is 37.5 Å². The molecule has 0 aromatic heterocycles. The lowest BCUT2D eigenvalue weighted by molar-refractivity contribution is 0.788. The summed E-state index contributed by atoms with van der Waals surface area (Å²) >= 11 is 0. The maximum absolute atomic E-state index is 2.28. The molecule has 148 valence electrons. The van der Waals surface area contributed by atoms with Gasteiger partial charge in [-0.25, -0.2) is 0 Å². The molecule has 2 unspecified atom stereocenters. The van der Waals surface area contributed by atoms with Crippen LogP contribution in [-0.4, -0.2) is 0 Å². The van der Waals surface area contributed by atoms with Crippen LogP contribution in [0.15, 0.2) is 109 Å². The van der Waals surface area contributed by atoms with E-state index in [1.165, 1.54) is 59.1 Å². The lowest BCUT2D eigenvalue weighted by Gasteiger charge is -2.11. The molecule has 0 N–H and O–H groups in total. The van der Waals surface area contributed by atoms with Crippen LogP contribution >= 0.6 is 0 Å². The average molecular weight is 389 g/mol. The molecule has 2 aliphatic carbocycles. The van der Waals surface area contributed by atoms with Gasteiger partial charge in [0.25, 0.3) is 0 Å². The average Bonchev–Trinajstić information content (AvgIpc) is 3.45. The molecule has 6 rings (SSSR count). The Balaban J connectivity index is 0.000000128. The Kier molecular flexibility index (Phi) is 5.48. The SMILES string of the molecule is c1ccc(C2CCc3ccccc32)cc1.c1ccc(C2CCc3ccccc32)cc1. The fourth-order valence-corrected chi connectivity index (χ4v) is 5.18. The molecular weight excluding hydrogens is 360 g/mol. The number of aryl methyl sites for hydroxylation is 2. The molecule has 4 aromatic rings. The Morgan fingerprint density at radius 1 is 0.400 bits per heavy atom. The van der Waals surface area contributed by atoms with E-state index >= 15 is 0 Å². The van der Waals surface area contributed by atoms with Gasteiger partial charge in [0, 0.05) is 11.8 Å². The number of hydrogen-bond donors (Lipinski definition) is 0. The van der Waals surface area contributed by atoms with Crippen molar-refractivity contribution < 1.29 is 0 Å². The molecule has 0 heteroatoms. The van der Waals surface area contributed by atoms with Crippen molar-refractivity contribution in [3.63, 3.8) is 0 Å². The van der Waals surface area contributed by atoms with Crippen LogP contribution < -0.4 is 0 Å². The molecular formula is C30H28. The summed E-state index contributed by atoms with van der Waals surface area (Å²) in [5.74, 6) is 1.25. The van der Waals surface area contributed by atoms with E-state index < -0.39 is 0 Å². The van der Waals surface area contributed by atoms with E-state index in [-0.39, 0.29) is 0 Å². The van der Waals surface area contributed by atoms with E-state index in [4.69, 9.17) is 0 Å². The number of hydrogen-bond acceptors (Lipinski definition) is 0. The monoisotopic (exact) mass is 388 g/mol. The van der Waals surface area contributed by atoms with E-state index in [9.17, 15) is 0 Å². The summed E-state index contributed by atoms with van der Waals surface area (Å²) < 4.78 is 0. The van der Waals surface area contributed by atoms with Gasteiger partial charge in [0.2, 0.25) is 0 Å². The fourth-order valence-electron chi connectivity index (χ4n) is 5.18. The quantitative estimate of drug-likeness (QED) is 0.333. The van der Waals surface area contributed by atoms with Crippen LogP contribution in [-0.2, 0) is 12.8 Å². The summed E-state index contributed by atoms with van der Waals surface area (Å²) in [6, 6.07) is 39.4. The zero-order chi connectivity index (χ0) is 20.2. The van der Waals surface area contributed by atoms with Gasteiger partial charge in [0.1, 0.15) is 0 Å². The molecule has 2 aliphatic rings. The van der Waals surface area contributed by atoms with Gasteiger partial charge < -0.3 is 0 Å². The highest BCUT2D eigenvalue weighted by Gasteiger charge is 2.23. The van der Waals surface area contributed by atoms with Crippen molar-refractivity contribution >= 4 is 0 Å². The van der Waals surface area contributed by atoms with E-state index in [1.54, 1.807) is 0 Å². The molecule has 0 saturated carbocycles. The van der Waals surface area contributed by atoms with Gasteiger partial charge in [-0.1, -0.05) is 109 Å². The van der Waals surface area contributed by atoms with Gasteiger partial charge in [-0.2, -0.15) is 0 Å². The van der Waals surface area contributed by atoms with Crippen molar-refractivity contribution in [1.82, 2.24) is 0 Å². The van der Waals surface area contributed by atoms with Gasteiger partial charge in [0.05, 0.1) is 0 Å². The maximum atomic E-state index is 2.28. The van der Waals surface area contributed by atoms with E-state index in [2.05, 4.69) is 109 Å². The summed E-state index contributed by atoms with van der Waals surface area (Å²) in [5.41, 5.74) is 9.05. The highest BCUT2D eigenvalue weighted by atomic mass is 14.3. The molecule has 4 aromatic carbocycles. The lowest BCUT2D eigenvalue weighted by atomic mass is 9.93. The number of benzene rings is 4. The molecule has 0 bridgehead atoms. The maximum Gasteiger partial charge on any atom is 0.00952 e. The summed E-state index contributed by atoms with van der Waals surface area (Å²) in [7, 11) is 0. The minimum Gasteiger partial charge on any atom is -0.0622 e. The zero-order valence-corrected chi connectivity index (χ0v) is 17.4. The minimum atomic E-state index is 0.627. The van der Waals surface area contributed by atoms with E-state index in [0.717, 1.165) is 0 Å². The highest BCUT2D eigenvalue weighted by molar-refractivity contribution is 5.42. The van der Waals surface area contributed by atoms with Crippen molar-refractivity contribution in [1.29, 1.82) is 0 Å². The first-order valence-corrected chi connectivity index (χ1v) is 11.2. The fraction of sp³-hybridized carbons (Fsp3) is 0.200. The second-order valence-corrected chi connectivity index (χ2v) is 8.40. The standard InChI is InChI=1S/2C15H14/c2*1-2-6-12(7-3-1)15-11-10-13-8-4-5-9-14(13)15/h2*1-9,15H,10-11H2. The Hall–Kier alpha value is -3.12. The highest BCUT2D eigenvalue weighted by Crippen LogP contribution is 2.38. The largest absolute Gasteiger partial charge is 0.0622 e. The summed E-state index contributed by atoms with van der Waals surface area (Å²) in [5, 5.41) is 0. The van der Waals surface area contributed by atoms with Gasteiger partial charge in [-0.15, -0.1) is 0 Å². The molecule has 0 saturated heterocycles. The molecule has 0 fully saturated rings. The topological polar surface area (TPSA) is 0 Å². The van der Waals surface area contributed by atoms with Crippen LogP contribution in [0.4, 0.5) is 0 Å². The molecule has 0 radical (unpaired) electrons. The Morgan fingerprint density at radius 2 is 0.767 bits per heavy atom. The first kappa shape index (κ1) is 18.9. The van der Waals surface area contributed by atoms with Crippen LogP contribution in [0.1, 0.15) is 58.1 Å². The molecule has 0 amide bonds. The molecule has 2 atom stereocenters. The normalized spacial score (nSPS) is 18.8. The second-order valence-electron chi connectivity index (χ2n) is 8.40. The first-order chi connectivity index (χ1) is 14.9. The van der Waals surface area contributed by atoms with E-state index in [0.29, 0.717) is 11.8 Å².